The van der Waals surface area contributed by atoms with Crippen LogP contribution in [-0.4, -0.2) is 30.5 Å². The lowest BCUT2D eigenvalue weighted by molar-refractivity contribution is -0.132. The van der Waals surface area contributed by atoms with Crippen molar-refractivity contribution in [3.05, 3.63) is 83.6 Å². The summed E-state index contributed by atoms with van der Waals surface area (Å²) in [6.07, 6.45) is 2.20. The van der Waals surface area contributed by atoms with Gasteiger partial charge in [-0.2, -0.15) is 0 Å². The van der Waals surface area contributed by atoms with E-state index in [0.717, 1.165) is 12.5 Å². The first kappa shape index (κ1) is 22.1. The first-order chi connectivity index (χ1) is 16.0. The summed E-state index contributed by atoms with van der Waals surface area (Å²) in [5.41, 5.74) is 0.100. The lowest BCUT2D eigenvalue weighted by atomic mass is 9.98. The zero-order valence-electron chi connectivity index (χ0n) is 18.1. The number of benzene rings is 2. The van der Waals surface area contributed by atoms with Crippen LogP contribution in [0.2, 0.25) is 0 Å². The van der Waals surface area contributed by atoms with Gasteiger partial charge < -0.3 is 19.0 Å². The van der Waals surface area contributed by atoms with E-state index in [9.17, 15) is 19.1 Å². The summed E-state index contributed by atoms with van der Waals surface area (Å²) in [5, 5.41) is 11.1. The Balaban J connectivity index is 1.89. The van der Waals surface area contributed by atoms with Crippen LogP contribution in [0.3, 0.4) is 0 Å². The number of methoxy groups -OCH3 is 1. The van der Waals surface area contributed by atoms with E-state index >= 15 is 0 Å². The number of aliphatic hydroxyl groups excluding tert-OH is 1. The van der Waals surface area contributed by atoms with Crippen molar-refractivity contribution < 1.29 is 33.0 Å². The Kier molecular flexibility index (Phi) is 6.17. The molecule has 1 amide bonds. The first-order valence-electron chi connectivity index (χ1n) is 10.4. The number of carbonyl (C=O) groups is 2. The third kappa shape index (κ3) is 4.07. The molecule has 7 nitrogen and oxygen atoms in total. The Morgan fingerprint density at radius 2 is 1.97 bits per heavy atom. The van der Waals surface area contributed by atoms with Crippen molar-refractivity contribution in [2.24, 2.45) is 0 Å². The van der Waals surface area contributed by atoms with Crippen LogP contribution < -0.4 is 14.4 Å². The number of carbonyl (C=O) groups excluding carboxylic acids is 2. The highest BCUT2D eigenvalue weighted by molar-refractivity contribution is 6.51. The molecule has 3 aromatic rings. The fourth-order valence-corrected chi connectivity index (χ4v) is 3.77. The Morgan fingerprint density at radius 3 is 2.67 bits per heavy atom. The number of nitrogens with zero attached hydrogens (tertiary/aromatic N) is 1. The van der Waals surface area contributed by atoms with Gasteiger partial charge in [0.05, 0.1) is 31.1 Å². The van der Waals surface area contributed by atoms with Gasteiger partial charge in [-0.05, 0) is 48.9 Å². The molecule has 2 heterocycles. The maximum atomic E-state index is 14.0. The fourth-order valence-electron chi connectivity index (χ4n) is 3.77. The van der Waals surface area contributed by atoms with E-state index in [1.165, 1.54) is 30.4 Å². The Hall–Kier alpha value is -4.07. The number of hydrogen-bond acceptors (Lipinski definition) is 6. The van der Waals surface area contributed by atoms with Crippen molar-refractivity contribution in [1.82, 2.24) is 0 Å². The third-order valence-corrected chi connectivity index (χ3v) is 5.24. The molecule has 1 fully saturated rings. The zero-order chi connectivity index (χ0) is 23.5. The standard InChI is InChI=1S/C25H22FNO6/c1-3-11-32-17-7-4-6-16(14-17)27-22(20-8-5-12-33-20)21(24(29)25(27)30)23(28)18-13-15(26)9-10-19(18)31-2/h4-10,12-14,22,28H,3,11H2,1-2H3/b23-21-. The minimum absolute atomic E-state index is 0.0490. The van der Waals surface area contributed by atoms with Crippen molar-refractivity contribution in [2.75, 3.05) is 18.6 Å². The predicted octanol–water partition coefficient (Wildman–Crippen LogP) is 4.84. The molecule has 1 N–H and O–H groups in total. The Bertz CT molecular complexity index is 1220. The van der Waals surface area contributed by atoms with Crippen molar-refractivity contribution in [2.45, 2.75) is 19.4 Å². The van der Waals surface area contributed by atoms with Crippen molar-refractivity contribution in [3.8, 4) is 11.5 Å². The summed E-state index contributed by atoms with van der Waals surface area (Å²) in [6, 6.07) is 12.4. The molecule has 1 aliphatic rings. The number of rotatable bonds is 7. The number of amides is 1. The summed E-state index contributed by atoms with van der Waals surface area (Å²) < 4.78 is 30.4. The van der Waals surface area contributed by atoms with Gasteiger partial charge in [0.25, 0.3) is 11.7 Å². The van der Waals surface area contributed by atoms with Gasteiger partial charge in [-0.25, -0.2) is 4.39 Å². The van der Waals surface area contributed by atoms with E-state index in [-0.39, 0.29) is 22.6 Å². The van der Waals surface area contributed by atoms with Gasteiger partial charge in [0.2, 0.25) is 0 Å². The molecular formula is C25H22FNO6. The predicted molar refractivity (Wildman–Crippen MR) is 119 cm³/mol. The molecule has 0 aliphatic carbocycles. The van der Waals surface area contributed by atoms with E-state index in [1.54, 1.807) is 36.4 Å². The number of aliphatic hydroxyl groups is 1. The summed E-state index contributed by atoms with van der Waals surface area (Å²) >= 11 is 0. The van der Waals surface area contributed by atoms with Gasteiger partial charge in [-0.15, -0.1) is 0 Å². The lowest BCUT2D eigenvalue weighted by Gasteiger charge is -2.24. The highest BCUT2D eigenvalue weighted by Crippen LogP contribution is 2.44. The zero-order valence-corrected chi connectivity index (χ0v) is 18.1. The van der Waals surface area contributed by atoms with Crippen LogP contribution in [0, 0.1) is 5.82 Å². The summed E-state index contributed by atoms with van der Waals surface area (Å²) in [7, 11) is 1.36. The molecule has 1 saturated heterocycles. The van der Waals surface area contributed by atoms with Crippen molar-refractivity contribution in [1.29, 1.82) is 0 Å². The van der Waals surface area contributed by atoms with Gasteiger partial charge >= 0.3 is 0 Å². The van der Waals surface area contributed by atoms with Gasteiger partial charge in [-0.1, -0.05) is 13.0 Å². The molecule has 0 bridgehead atoms. The van der Waals surface area contributed by atoms with E-state index in [0.29, 0.717) is 18.0 Å². The van der Waals surface area contributed by atoms with Gasteiger partial charge in [0.1, 0.15) is 34.9 Å². The largest absolute Gasteiger partial charge is 0.507 e. The van der Waals surface area contributed by atoms with Crippen LogP contribution in [0.1, 0.15) is 30.7 Å². The Labute approximate surface area is 189 Å². The van der Waals surface area contributed by atoms with E-state index in [4.69, 9.17) is 13.9 Å². The van der Waals surface area contributed by atoms with Gasteiger partial charge in [0.15, 0.2) is 0 Å². The average molecular weight is 451 g/mol. The molecule has 1 aliphatic heterocycles. The maximum Gasteiger partial charge on any atom is 0.300 e. The number of halogens is 1. The number of furan rings is 1. The lowest BCUT2D eigenvalue weighted by Crippen LogP contribution is -2.29. The average Bonchev–Trinajstić information content (AvgIpc) is 3.44. The van der Waals surface area contributed by atoms with Crippen molar-refractivity contribution >= 4 is 23.1 Å². The van der Waals surface area contributed by atoms with E-state index in [1.807, 2.05) is 6.92 Å². The molecule has 0 radical (unpaired) electrons. The van der Waals surface area contributed by atoms with Crippen LogP contribution in [0.15, 0.2) is 70.9 Å². The molecule has 1 unspecified atom stereocenters. The van der Waals surface area contributed by atoms with Crippen LogP contribution in [0.5, 0.6) is 11.5 Å². The topological polar surface area (TPSA) is 89.2 Å². The molecule has 8 heteroatoms. The number of hydrogen-bond donors (Lipinski definition) is 1. The Morgan fingerprint density at radius 1 is 1.15 bits per heavy atom. The van der Waals surface area contributed by atoms with Crippen LogP contribution in [0.25, 0.3) is 5.76 Å². The molecular weight excluding hydrogens is 429 g/mol. The van der Waals surface area contributed by atoms with Crippen LogP contribution in [0.4, 0.5) is 10.1 Å². The van der Waals surface area contributed by atoms with Gasteiger partial charge in [0, 0.05) is 11.8 Å². The van der Waals surface area contributed by atoms with Crippen molar-refractivity contribution in [3.63, 3.8) is 0 Å². The molecule has 170 valence electrons. The quantitative estimate of drug-likeness (QED) is 0.314. The van der Waals surface area contributed by atoms with E-state index in [2.05, 4.69) is 0 Å². The summed E-state index contributed by atoms with van der Waals surface area (Å²) in [5.74, 6) is -2.06. The number of ether oxygens (including phenoxy) is 2. The van der Waals surface area contributed by atoms with E-state index < -0.39 is 29.3 Å². The van der Waals surface area contributed by atoms with Gasteiger partial charge in [-0.3, -0.25) is 14.5 Å². The fraction of sp³-hybridized carbons (Fsp3) is 0.200. The third-order valence-electron chi connectivity index (χ3n) is 5.24. The minimum Gasteiger partial charge on any atom is -0.507 e. The second kappa shape index (κ2) is 9.20. The smallest absolute Gasteiger partial charge is 0.300 e. The number of anilines is 1. The molecule has 33 heavy (non-hydrogen) atoms. The van der Waals surface area contributed by atoms with Crippen LogP contribution in [-0.2, 0) is 9.59 Å². The SMILES string of the molecule is CCCOc1cccc(N2C(=O)C(=O)/C(=C(\O)c3cc(F)ccc3OC)C2c2ccco2)c1. The number of Topliss-reactive ketones (excluding diaryl/α,β-unsaturated/α-hetero) is 1. The summed E-state index contributed by atoms with van der Waals surface area (Å²) in [6.45, 7) is 2.46. The normalized spacial score (nSPS) is 17.4. The molecule has 4 rings (SSSR count). The molecule has 0 saturated carbocycles. The first-order valence-corrected chi connectivity index (χ1v) is 10.4. The van der Waals surface area contributed by atoms with Crippen LogP contribution >= 0.6 is 0 Å². The minimum atomic E-state index is -1.07. The molecule has 1 aromatic heterocycles. The number of ketones is 1. The monoisotopic (exact) mass is 451 g/mol. The summed E-state index contributed by atoms with van der Waals surface area (Å²) in [4.78, 5) is 27.5. The second-order valence-corrected chi connectivity index (χ2v) is 7.37. The molecule has 2 aromatic carbocycles. The highest BCUT2D eigenvalue weighted by Gasteiger charge is 2.48. The molecule has 1 atom stereocenters. The molecule has 0 spiro atoms. The highest BCUT2D eigenvalue weighted by atomic mass is 19.1. The maximum absolute atomic E-state index is 14.0. The second-order valence-electron chi connectivity index (χ2n) is 7.37.